The number of halogens is 11. The van der Waals surface area contributed by atoms with Crippen LogP contribution in [0.5, 0.6) is 0 Å². The number of carbonyl (C=O) groups is 6. The highest BCUT2D eigenvalue weighted by atomic mass is 19.4. The van der Waals surface area contributed by atoms with Gasteiger partial charge in [0.15, 0.2) is 17.5 Å². The minimum absolute atomic E-state index is 0.206. The van der Waals surface area contributed by atoms with Gasteiger partial charge in [0.2, 0.25) is 17.7 Å². The Bertz CT molecular complexity index is 5920. The predicted molar refractivity (Wildman–Crippen MR) is 420 cm³/mol. The molecule has 0 saturated heterocycles. The quantitative estimate of drug-likeness (QED) is 0.0999. The van der Waals surface area contributed by atoms with E-state index in [2.05, 4.69) is 31.0 Å². The molecule has 9 aromatic carbocycles. The summed E-state index contributed by atoms with van der Waals surface area (Å²) in [6.45, 7) is 15.8. The molecule has 0 saturated carbocycles. The predicted octanol–water partition coefficient (Wildman–Crippen LogP) is 21.5. The van der Waals surface area contributed by atoms with Crippen molar-refractivity contribution >= 4 is 87.0 Å². The van der Waals surface area contributed by atoms with Crippen LogP contribution < -0.4 is 30.7 Å². The maximum atomic E-state index is 14.8. The van der Waals surface area contributed by atoms with Crippen LogP contribution in [0.2, 0.25) is 0 Å². The number of amides is 6. The Kier molecular flexibility index (Phi) is 21.2. The van der Waals surface area contributed by atoms with Crippen molar-refractivity contribution in [3.05, 3.63) is 309 Å². The first kappa shape index (κ1) is 80.6. The third-order valence-electron chi connectivity index (χ3n) is 20.3. The van der Waals surface area contributed by atoms with E-state index in [1.807, 2.05) is 20.8 Å². The number of benzene rings is 9. The van der Waals surface area contributed by atoms with Crippen LogP contribution in [0.4, 0.5) is 99.9 Å². The Balaban J connectivity index is 0.000000151. The van der Waals surface area contributed by atoms with E-state index < -0.39 is 103 Å². The van der Waals surface area contributed by atoms with Gasteiger partial charge in [0.1, 0.15) is 11.6 Å². The van der Waals surface area contributed by atoms with Gasteiger partial charge in [-0.05, 0) is 222 Å². The number of aromatic nitrogens is 4. The van der Waals surface area contributed by atoms with Crippen LogP contribution in [0.15, 0.2) is 231 Å². The molecule has 3 aliphatic heterocycles. The minimum Gasteiger partial charge on any atom is -0.322 e. The standard InChI is InChI=1S/C31H23F5N2O2.C29H25F3N4O2.C29H23F3N4O2/c1-17-10-13-19(14-11-17)37-28(39)21-16-18(12-15-22(21)31(34,35)36)20-6-4-8-24-26(20)30(2,3)29(40)38(24)25-9-5-7-23(32)27(25)33;1-17-8-11-19(12-9-17)33-26(37)21-16-18(10-13-22(21)29(30,31)32)20-6-5-7-23-25(20)28(2,3)27(38)36(23)24-14-15-35(4)34-24;1-17-7-10-19(11-8-17)35-26(37)21-16-18(9-12-22(21)29(30,31)32)20-13-15-34-25-24(20)28(2,3)27(38)36(25)23-6-4-5-14-33-23/h4-16H,1-3H3,(H,37,39);5-16H,1-4H3,(H,33,37);4-16H,1-3H3,(H,35,37). The maximum Gasteiger partial charge on any atom is 0.417 e. The van der Waals surface area contributed by atoms with Gasteiger partial charge in [0.25, 0.3) is 17.7 Å². The van der Waals surface area contributed by atoms with E-state index in [9.17, 15) is 77.1 Å². The first-order valence-corrected chi connectivity index (χ1v) is 36.1. The molecule has 0 bridgehead atoms. The Hall–Kier alpha value is -13.5. The summed E-state index contributed by atoms with van der Waals surface area (Å²) >= 11 is 0. The van der Waals surface area contributed by atoms with Gasteiger partial charge >= 0.3 is 18.5 Å². The van der Waals surface area contributed by atoms with Crippen LogP contribution in [0, 0.1) is 32.4 Å². The highest BCUT2D eigenvalue weighted by Crippen LogP contribution is 2.54. The number of carbonyl (C=O) groups excluding carboxylic acids is 6. The van der Waals surface area contributed by atoms with Crippen molar-refractivity contribution in [1.29, 1.82) is 0 Å². The number of nitrogens with zero attached hydrogens (tertiary/aromatic N) is 7. The molecular weight excluding hydrogens is 1510 g/mol. The molecule has 16 nitrogen and oxygen atoms in total. The van der Waals surface area contributed by atoms with Crippen molar-refractivity contribution in [2.24, 2.45) is 7.05 Å². The highest BCUT2D eigenvalue weighted by Gasteiger charge is 2.51. The van der Waals surface area contributed by atoms with Gasteiger partial charge in [0.05, 0.1) is 66.7 Å². The molecule has 3 N–H and O–H groups in total. The van der Waals surface area contributed by atoms with Crippen molar-refractivity contribution in [3.63, 3.8) is 0 Å². The van der Waals surface area contributed by atoms with Crippen LogP contribution in [0.3, 0.4) is 0 Å². The fourth-order valence-corrected chi connectivity index (χ4v) is 14.5. The molecule has 15 rings (SSSR count). The summed E-state index contributed by atoms with van der Waals surface area (Å²) in [5.41, 5.74) is 0.430. The van der Waals surface area contributed by atoms with E-state index in [-0.39, 0.29) is 28.8 Å². The van der Waals surface area contributed by atoms with Crippen molar-refractivity contribution in [1.82, 2.24) is 19.7 Å². The van der Waals surface area contributed by atoms with E-state index in [0.717, 1.165) is 51.9 Å². The summed E-state index contributed by atoms with van der Waals surface area (Å²) in [6, 6.07) is 52.3. The van der Waals surface area contributed by atoms with E-state index in [1.165, 1.54) is 58.5 Å². The zero-order valence-corrected chi connectivity index (χ0v) is 63.7. The lowest BCUT2D eigenvalue weighted by atomic mass is 9.81. The molecule has 3 aromatic heterocycles. The second-order valence-electron chi connectivity index (χ2n) is 29.6. The SMILES string of the molecule is Cc1ccc(NC(=O)c2cc(-c3cccc4c3C(C)(C)C(=O)N4c3cccc(F)c3F)ccc2C(F)(F)F)cc1.Cc1ccc(NC(=O)c2cc(-c3cccc4c3C(C)(C)C(=O)N4c3ccn(C)n3)ccc2C(F)(F)F)cc1.Cc1ccc(NC(=O)c2cc(-c3ccnc4c3C(C)(C)C(=O)N4c3ccccn3)ccc2C(F)(F)F)cc1. The molecule has 0 atom stereocenters. The number of alkyl halides is 9. The van der Waals surface area contributed by atoms with Gasteiger partial charge < -0.3 is 16.0 Å². The summed E-state index contributed by atoms with van der Waals surface area (Å²) in [6.07, 6.45) is -9.51. The van der Waals surface area contributed by atoms with Gasteiger partial charge in [-0.1, -0.05) is 108 Å². The first-order valence-electron chi connectivity index (χ1n) is 36.1. The molecular formula is C89H71F11N10O6. The first-order chi connectivity index (χ1) is 54.7. The fraction of sp³-hybridized carbons (Fsp3) is 0.180. The Labute approximate surface area is 658 Å². The van der Waals surface area contributed by atoms with Gasteiger partial charge in [-0.2, -0.15) is 44.6 Å². The zero-order chi connectivity index (χ0) is 83.6. The lowest BCUT2D eigenvalue weighted by molar-refractivity contribution is -0.138. The number of fused-ring (bicyclic) bond motifs is 3. The molecule has 12 aromatic rings. The van der Waals surface area contributed by atoms with E-state index in [0.29, 0.717) is 84.7 Å². The molecule has 590 valence electrons. The smallest absolute Gasteiger partial charge is 0.322 e. The Morgan fingerprint density at radius 1 is 0.379 bits per heavy atom. The highest BCUT2D eigenvalue weighted by molar-refractivity contribution is 6.17. The summed E-state index contributed by atoms with van der Waals surface area (Å²) in [4.78, 5) is 92.6. The lowest BCUT2D eigenvalue weighted by Gasteiger charge is -2.21. The van der Waals surface area contributed by atoms with Crippen molar-refractivity contribution in [3.8, 4) is 33.4 Å². The van der Waals surface area contributed by atoms with Crippen LogP contribution in [-0.4, -0.2) is 55.2 Å². The van der Waals surface area contributed by atoms with Crippen LogP contribution in [0.25, 0.3) is 33.4 Å². The lowest BCUT2D eigenvalue weighted by Crippen LogP contribution is -2.33. The Morgan fingerprint density at radius 2 is 0.759 bits per heavy atom. The summed E-state index contributed by atoms with van der Waals surface area (Å²) < 4.78 is 156. The van der Waals surface area contributed by atoms with Crippen LogP contribution in [-0.2, 0) is 56.2 Å². The summed E-state index contributed by atoms with van der Waals surface area (Å²) in [5.74, 6) is -4.87. The van der Waals surface area contributed by atoms with Gasteiger partial charge in [-0.25, -0.2) is 23.6 Å². The average Bonchev–Trinajstić information content (AvgIpc) is 1.58. The Morgan fingerprint density at radius 3 is 1.16 bits per heavy atom. The molecule has 0 aliphatic carbocycles. The van der Waals surface area contributed by atoms with Crippen LogP contribution in [0.1, 0.15) is 123 Å². The average molecular weight is 1590 g/mol. The van der Waals surface area contributed by atoms with Crippen molar-refractivity contribution in [2.45, 2.75) is 97.1 Å². The third kappa shape index (κ3) is 15.4. The molecule has 0 fully saturated rings. The van der Waals surface area contributed by atoms with Crippen LogP contribution >= 0.6 is 0 Å². The number of anilines is 9. The van der Waals surface area contributed by atoms with Crippen molar-refractivity contribution in [2.75, 3.05) is 30.7 Å². The number of pyridine rings is 2. The molecule has 3 aliphatic rings. The fourth-order valence-electron chi connectivity index (χ4n) is 14.5. The molecule has 116 heavy (non-hydrogen) atoms. The minimum atomic E-state index is -4.81. The number of nitrogens with one attached hydrogen (secondary N) is 3. The largest absolute Gasteiger partial charge is 0.417 e. The van der Waals surface area contributed by atoms with E-state index >= 15 is 0 Å². The molecule has 0 spiro atoms. The normalized spacial score (nSPS) is 14.4. The second kappa shape index (κ2) is 30.5. The van der Waals surface area contributed by atoms with E-state index in [1.54, 1.807) is 205 Å². The third-order valence-corrected chi connectivity index (χ3v) is 20.3. The number of hydrogen-bond donors (Lipinski definition) is 3. The topological polar surface area (TPSA) is 192 Å². The molecule has 27 heteroatoms. The summed E-state index contributed by atoms with van der Waals surface area (Å²) in [7, 11) is 1.75. The van der Waals surface area contributed by atoms with Gasteiger partial charge in [0, 0.05) is 54.3 Å². The van der Waals surface area contributed by atoms with Crippen molar-refractivity contribution < 1.29 is 77.1 Å². The van der Waals surface area contributed by atoms with Gasteiger partial charge in [-0.15, -0.1) is 0 Å². The maximum absolute atomic E-state index is 14.8. The number of hydrogen-bond acceptors (Lipinski definition) is 9. The molecule has 0 unspecified atom stereocenters. The molecule has 6 heterocycles. The molecule has 0 radical (unpaired) electrons. The monoisotopic (exact) mass is 1580 g/mol. The molecule has 6 amide bonds. The van der Waals surface area contributed by atoms with Gasteiger partial charge in [-0.3, -0.25) is 43.2 Å². The number of aryl methyl sites for hydroxylation is 4. The second-order valence-corrected chi connectivity index (χ2v) is 29.6. The number of rotatable bonds is 12. The van der Waals surface area contributed by atoms with E-state index in [4.69, 9.17) is 0 Å². The summed E-state index contributed by atoms with van der Waals surface area (Å²) in [5, 5.41) is 12.0. The zero-order valence-electron chi connectivity index (χ0n) is 63.7.